The van der Waals surface area contributed by atoms with Crippen molar-refractivity contribution in [1.29, 1.82) is 0 Å². The van der Waals surface area contributed by atoms with Crippen molar-refractivity contribution in [3.05, 3.63) is 35.1 Å². The highest BCUT2D eigenvalue weighted by Gasteiger charge is 2.09. The predicted octanol–water partition coefficient (Wildman–Crippen LogP) is 3.01. The Bertz CT molecular complexity index is 520. The Morgan fingerprint density at radius 1 is 1.33 bits per heavy atom. The van der Waals surface area contributed by atoms with Crippen molar-refractivity contribution in [3.8, 4) is 17.1 Å². The molecule has 1 aromatic carbocycles. The molecule has 0 aliphatic heterocycles. The van der Waals surface area contributed by atoms with Gasteiger partial charge in [0.25, 0.3) is 0 Å². The van der Waals surface area contributed by atoms with E-state index in [9.17, 15) is 0 Å². The van der Waals surface area contributed by atoms with Crippen LogP contribution in [0.2, 0.25) is 5.15 Å². The summed E-state index contributed by atoms with van der Waals surface area (Å²) in [6.07, 6.45) is 0.148. The van der Waals surface area contributed by atoms with Gasteiger partial charge in [-0.1, -0.05) is 11.6 Å². The lowest BCUT2D eigenvalue weighted by Gasteiger charge is -2.09. The maximum absolute atomic E-state index is 9.05. The molecule has 5 heteroatoms. The van der Waals surface area contributed by atoms with Crippen LogP contribution >= 0.6 is 11.6 Å². The van der Waals surface area contributed by atoms with Crippen LogP contribution in [0.25, 0.3) is 11.4 Å². The number of ether oxygens (including phenoxy) is 1. The zero-order valence-electron chi connectivity index (χ0n) is 10.3. The van der Waals surface area contributed by atoms with Gasteiger partial charge in [-0.15, -0.1) is 0 Å². The van der Waals surface area contributed by atoms with E-state index in [1.165, 1.54) is 0 Å². The lowest BCUT2D eigenvalue weighted by Crippen LogP contribution is -2.05. The topological polar surface area (TPSA) is 58.1 Å². The van der Waals surface area contributed by atoms with E-state index in [1.54, 1.807) is 0 Å². The Kier molecular flexibility index (Phi) is 3.89. The number of rotatable bonds is 4. The Balaban J connectivity index is 2.22. The van der Waals surface area contributed by atoms with E-state index in [4.69, 9.17) is 21.4 Å². The molecule has 0 bridgehead atoms. The van der Waals surface area contributed by atoms with Gasteiger partial charge in [0, 0.05) is 5.56 Å². The number of aliphatic hydroxyl groups excluding tert-OH is 1. The van der Waals surface area contributed by atoms with Gasteiger partial charge < -0.3 is 14.8 Å². The molecular weight excluding hydrogens is 252 g/mol. The van der Waals surface area contributed by atoms with Crippen LogP contribution in [0.3, 0.4) is 0 Å². The molecular formula is C13H15ClN2O2. The number of aromatic amines is 1. The number of benzene rings is 1. The standard InChI is InChI=1S/C13H15ClN2O2/c1-8(2)18-10-5-3-9(4-6-10)13-15-11(7-17)12(14)16-13/h3-6,8,17H,7H2,1-2H3,(H,15,16). The highest BCUT2D eigenvalue weighted by Crippen LogP contribution is 2.23. The van der Waals surface area contributed by atoms with Crippen molar-refractivity contribution in [2.24, 2.45) is 0 Å². The number of hydrogen-bond donors (Lipinski definition) is 2. The van der Waals surface area contributed by atoms with Crippen molar-refractivity contribution in [3.63, 3.8) is 0 Å². The van der Waals surface area contributed by atoms with Crippen LogP contribution in [-0.2, 0) is 6.61 Å². The molecule has 0 spiro atoms. The lowest BCUT2D eigenvalue weighted by atomic mass is 10.2. The quantitative estimate of drug-likeness (QED) is 0.894. The number of nitrogens with zero attached hydrogens (tertiary/aromatic N) is 1. The lowest BCUT2D eigenvalue weighted by molar-refractivity contribution is 0.242. The molecule has 0 amide bonds. The van der Waals surface area contributed by atoms with Crippen molar-refractivity contribution >= 4 is 11.6 Å². The van der Waals surface area contributed by atoms with Crippen molar-refractivity contribution in [2.45, 2.75) is 26.6 Å². The first-order valence-corrected chi connectivity index (χ1v) is 6.10. The molecule has 0 aliphatic carbocycles. The van der Waals surface area contributed by atoms with E-state index >= 15 is 0 Å². The summed E-state index contributed by atoms with van der Waals surface area (Å²) in [6.45, 7) is 3.81. The Labute approximate surface area is 111 Å². The normalized spacial score (nSPS) is 10.9. The maximum Gasteiger partial charge on any atom is 0.153 e. The molecule has 18 heavy (non-hydrogen) atoms. The van der Waals surface area contributed by atoms with Gasteiger partial charge in [0.15, 0.2) is 5.15 Å². The van der Waals surface area contributed by atoms with Gasteiger partial charge in [-0.25, -0.2) is 4.98 Å². The fraction of sp³-hybridized carbons (Fsp3) is 0.308. The van der Waals surface area contributed by atoms with Crippen molar-refractivity contribution in [1.82, 2.24) is 9.97 Å². The average Bonchev–Trinajstić information content (AvgIpc) is 2.71. The third kappa shape index (κ3) is 2.83. The fourth-order valence-corrected chi connectivity index (χ4v) is 1.78. The van der Waals surface area contributed by atoms with Crippen LogP contribution in [0, 0.1) is 0 Å². The van der Waals surface area contributed by atoms with Crippen molar-refractivity contribution in [2.75, 3.05) is 0 Å². The van der Waals surface area contributed by atoms with E-state index in [1.807, 2.05) is 38.1 Å². The van der Waals surface area contributed by atoms with E-state index in [0.717, 1.165) is 11.3 Å². The van der Waals surface area contributed by atoms with Crippen LogP contribution in [0.5, 0.6) is 5.75 Å². The second-order valence-electron chi connectivity index (χ2n) is 4.20. The molecule has 4 nitrogen and oxygen atoms in total. The summed E-state index contributed by atoms with van der Waals surface area (Å²) < 4.78 is 5.56. The molecule has 1 aromatic heterocycles. The SMILES string of the molecule is CC(C)Oc1ccc(-c2nc(Cl)c(CO)[nH]2)cc1. The molecule has 0 unspecified atom stereocenters. The van der Waals surface area contributed by atoms with Gasteiger partial charge in [-0.05, 0) is 38.1 Å². The third-order valence-corrected chi connectivity index (χ3v) is 2.70. The number of aliphatic hydroxyl groups is 1. The van der Waals surface area contributed by atoms with Crippen LogP contribution in [0.1, 0.15) is 19.5 Å². The molecule has 96 valence electrons. The van der Waals surface area contributed by atoms with E-state index < -0.39 is 0 Å². The van der Waals surface area contributed by atoms with Gasteiger partial charge in [0.2, 0.25) is 0 Å². The summed E-state index contributed by atoms with van der Waals surface area (Å²) >= 11 is 5.87. The number of aromatic nitrogens is 2. The first-order chi connectivity index (χ1) is 8.60. The van der Waals surface area contributed by atoms with Crippen LogP contribution in [0.4, 0.5) is 0 Å². The summed E-state index contributed by atoms with van der Waals surface area (Å²) in [7, 11) is 0. The predicted molar refractivity (Wildman–Crippen MR) is 70.7 cm³/mol. The largest absolute Gasteiger partial charge is 0.491 e. The van der Waals surface area contributed by atoms with Gasteiger partial charge in [-0.3, -0.25) is 0 Å². The number of imidazole rings is 1. The second kappa shape index (κ2) is 5.42. The summed E-state index contributed by atoms with van der Waals surface area (Å²) in [5.41, 5.74) is 1.42. The average molecular weight is 267 g/mol. The zero-order valence-corrected chi connectivity index (χ0v) is 11.0. The number of H-pyrrole nitrogens is 1. The molecule has 0 aliphatic rings. The summed E-state index contributed by atoms with van der Waals surface area (Å²) in [4.78, 5) is 7.13. The van der Waals surface area contributed by atoms with Crippen LogP contribution in [-0.4, -0.2) is 21.2 Å². The first kappa shape index (κ1) is 12.9. The summed E-state index contributed by atoms with van der Waals surface area (Å²) in [5, 5.41) is 9.35. The molecule has 0 saturated heterocycles. The summed E-state index contributed by atoms with van der Waals surface area (Å²) in [5.74, 6) is 1.45. The zero-order chi connectivity index (χ0) is 13.1. The Hall–Kier alpha value is -1.52. The molecule has 2 aromatic rings. The smallest absolute Gasteiger partial charge is 0.153 e. The van der Waals surface area contributed by atoms with Gasteiger partial charge in [0.05, 0.1) is 18.4 Å². The molecule has 1 heterocycles. The van der Waals surface area contributed by atoms with E-state index in [-0.39, 0.29) is 12.7 Å². The Morgan fingerprint density at radius 2 is 2.00 bits per heavy atom. The third-order valence-electron chi connectivity index (χ3n) is 2.39. The highest BCUT2D eigenvalue weighted by molar-refractivity contribution is 6.30. The number of halogens is 1. The minimum absolute atomic E-state index is 0.148. The van der Waals surface area contributed by atoms with Crippen molar-refractivity contribution < 1.29 is 9.84 Å². The molecule has 0 radical (unpaired) electrons. The van der Waals surface area contributed by atoms with Gasteiger partial charge in [0.1, 0.15) is 11.6 Å². The molecule has 0 atom stereocenters. The second-order valence-corrected chi connectivity index (χ2v) is 4.56. The first-order valence-electron chi connectivity index (χ1n) is 5.72. The van der Waals surface area contributed by atoms with E-state index in [2.05, 4.69) is 9.97 Å². The van der Waals surface area contributed by atoms with Gasteiger partial charge >= 0.3 is 0 Å². The van der Waals surface area contributed by atoms with Crippen LogP contribution in [0.15, 0.2) is 24.3 Å². The maximum atomic E-state index is 9.05. The monoisotopic (exact) mass is 266 g/mol. The minimum atomic E-state index is -0.152. The highest BCUT2D eigenvalue weighted by atomic mass is 35.5. The molecule has 0 saturated carbocycles. The summed E-state index contributed by atoms with van der Waals surface area (Å²) in [6, 6.07) is 7.55. The van der Waals surface area contributed by atoms with E-state index in [0.29, 0.717) is 16.7 Å². The molecule has 0 fully saturated rings. The van der Waals surface area contributed by atoms with Gasteiger partial charge in [-0.2, -0.15) is 0 Å². The molecule has 2 rings (SSSR count). The Morgan fingerprint density at radius 3 is 2.50 bits per heavy atom. The number of nitrogens with one attached hydrogen (secondary N) is 1. The fourth-order valence-electron chi connectivity index (χ4n) is 1.59. The number of hydrogen-bond acceptors (Lipinski definition) is 3. The molecule has 2 N–H and O–H groups in total. The minimum Gasteiger partial charge on any atom is -0.491 e. The van der Waals surface area contributed by atoms with Crippen LogP contribution < -0.4 is 4.74 Å².